The second-order valence-corrected chi connectivity index (χ2v) is 7.08. The van der Waals surface area contributed by atoms with Gasteiger partial charge in [-0.2, -0.15) is 0 Å². The molecule has 0 bridgehead atoms. The SMILES string of the molecule is CC(C)CNC(=O)C(C)N1CCCCC1C1CCCC1=O. The van der Waals surface area contributed by atoms with Crippen molar-refractivity contribution in [1.82, 2.24) is 10.2 Å². The zero-order valence-electron chi connectivity index (χ0n) is 13.7. The van der Waals surface area contributed by atoms with Gasteiger partial charge in [0, 0.05) is 24.9 Å². The standard InChI is InChI=1S/C17H30N2O2/c1-12(2)11-18-17(21)13(3)19-10-5-4-8-15(19)14-7-6-9-16(14)20/h12-15H,4-11H2,1-3H3,(H,18,21). The molecule has 1 saturated heterocycles. The largest absolute Gasteiger partial charge is 0.354 e. The molecule has 3 atom stereocenters. The van der Waals surface area contributed by atoms with E-state index in [0.717, 1.165) is 45.2 Å². The van der Waals surface area contributed by atoms with E-state index in [4.69, 9.17) is 0 Å². The molecule has 1 N–H and O–H groups in total. The Kier molecular flexibility index (Phi) is 5.80. The van der Waals surface area contributed by atoms with Gasteiger partial charge in [-0.3, -0.25) is 14.5 Å². The first kappa shape index (κ1) is 16.5. The molecule has 120 valence electrons. The number of hydrogen-bond acceptors (Lipinski definition) is 3. The third-order valence-electron chi connectivity index (χ3n) is 4.97. The predicted octanol–water partition coefficient (Wildman–Crippen LogP) is 2.37. The van der Waals surface area contributed by atoms with Crippen LogP contribution in [-0.4, -0.2) is 41.8 Å². The van der Waals surface area contributed by atoms with Crippen molar-refractivity contribution in [1.29, 1.82) is 0 Å². The molecule has 1 aliphatic heterocycles. The first-order valence-electron chi connectivity index (χ1n) is 8.57. The van der Waals surface area contributed by atoms with E-state index in [1.54, 1.807) is 0 Å². The van der Waals surface area contributed by atoms with Crippen LogP contribution in [0.5, 0.6) is 0 Å². The molecular formula is C17H30N2O2. The predicted molar refractivity (Wildman–Crippen MR) is 84.0 cm³/mol. The molecule has 3 unspecified atom stereocenters. The monoisotopic (exact) mass is 294 g/mol. The first-order valence-corrected chi connectivity index (χ1v) is 8.57. The highest BCUT2D eigenvalue weighted by Gasteiger charge is 2.39. The Balaban J connectivity index is 2.00. The van der Waals surface area contributed by atoms with Gasteiger partial charge in [-0.25, -0.2) is 0 Å². The summed E-state index contributed by atoms with van der Waals surface area (Å²) in [7, 11) is 0. The smallest absolute Gasteiger partial charge is 0.237 e. The van der Waals surface area contributed by atoms with Gasteiger partial charge in [0.05, 0.1) is 6.04 Å². The zero-order valence-corrected chi connectivity index (χ0v) is 13.7. The molecular weight excluding hydrogens is 264 g/mol. The molecule has 21 heavy (non-hydrogen) atoms. The number of amides is 1. The number of rotatable bonds is 5. The summed E-state index contributed by atoms with van der Waals surface area (Å²) in [5.74, 6) is 1.17. The minimum Gasteiger partial charge on any atom is -0.354 e. The maximum Gasteiger partial charge on any atom is 0.237 e. The summed E-state index contributed by atoms with van der Waals surface area (Å²) in [4.78, 5) is 26.7. The lowest BCUT2D eigenvalue weighted by Gasteiger charge is -2.41. The number of carbonyl (C=O) groups excluding carboxylic acids is 2. The van der Waals surface area contributed by atoms with Crippen molar-refractivity contribution in [3.05, 3.63) is 0 Å². The number of hydrogen-bond donors (Lipinski definition) is 1. The molecule has 2 aliphatic rings. The van der Waals surface area contributed by atoms with E-state index >= 15 is 0 Å². The van der Waals surface area contributed by atoms with Crippen LogP contribution in [0, 0.1) is 11.8 Å². The van der Waals surface area contributed by atoms with E-state index in [1.807, 2.05) is 6.92 Å². The van der Waals surface area contributed by atoms with Crippen LogP contribution >= 0.6 is 0 Å². The van der Waals surface area contributed by atoms with E-state index in [0.29, 0.717) is 11.7 Å². The normalized spacial score (nSPS) is 28.9. The molecule has 0 aromatic rings. The van der Waals surface area contributed by atoms with Crippen molar-refractivity contribution in [3.63, 3.8) is 0 Å². The van der Waals surface area contributed by atoms with Gasteiger partial charge in [0.1, 0.15) is 5.78 Å². The summed E-state index contributed by atoms with van der Waals surface area (Å²) in [6.07, 6.45) is 6.17. The quantitative estimate of drug-likeness (QED) is 0.847. The van der Waals surface area contributed by atoms with Gasteiger partial charge in [-0.05, 0) is 45.1 Å². The maximum atomic E-state index is 12.4. The molecule has 4 nitrogen and oxygen atoms in total. The van der Waals surface area contributed by atoms with Crippen molar-refractivity contribution in [3.8, 4) is 0 Å². The molecule has 0 aromatic carbocycles. The van der Waals surface area contributed by atoms with Gasteiger partial charge in [0.2, 0.25) is 5.91 Å². The Morgan fingerprint density at radius 2 is 2.00 bits per heavy atom. The van der Waals surface area contributed by atoms with Crippen molar-refractivity contribution >= 4 is 11.7 Å². The number of likely N-dealkylation sites (tertiary alicyclic amines) is 1. The summed E-state index contributed by atoms with van der Waals surface area (Å²) in [6, 6.07) is 0.163. The molecule has 1 heterocycles. The van der Waals surface area contributed by atoms with Crippen molar-refractivity contribution in [2.75, 3.05) is 13.1 Å². The number of piperidine rings is 1. The minimum atomic E-state index is -0.123. The maximum absolute atomic E-state index is 12.4. The second kappa shape index (κ2) is 7.39. The lowest BCUT2D eigenvalue weighted by atomic mass is 9.87. The van der Waals surface area contributed by atoms with Crippen molar-refractivity contribution in [2.24, 2.45) is 11.8 Å². The zero-order chi connectivity index (χ0) is 15.4. The lowest BCUT2D eigenvalue weighted by Crippen LogP contribution is -2.54. The van der Waals surface area contributed by atoms with Crippen LogP contribution < -0.4 is 5.32 Å². The molecule has 0 spiro atoms. The van der Waals surface area contributed by atoms with Gasteiger partial charge in [-0.1, -0.05) is 20.3 Å². The molecule has 1 saturated carbocycles. The van der Waals surface area contributed by atoms with Crippen molar-refractivity contribution < 1.29 is 9.59 Å². The van der Waals surface area contributed by atoms with Crippen LogP contribution in [0.4, 0.5) is 0 Å². The number of nitrogens with one attached hydrogen (secondary N) is 1. The van der Waals surface area contributed by atoms with Crippen LogP contribution in [0.25, 0.3) is 0 Å². The number of Topliss-reactive ketones (excluding diaryl/α,β-unsaturated/α-hetero) is 1. The van der Waals surface area contributed by atoms with Crippen LogP contribution in [0.1, 0.15) is 59.3 Å². The molecule has 2 fully saturated rings. The average Bonchev–Trinajstić information content (AvgIpc) is 2.90. The average molecular weight is 294 g/mol. The fourth-order valence-corrected chi connectivity index (χ4v) is 3.75. The molecule has 0 radical (unpaired) electrons. The van der Waals surface area contributed by atoms with E-state index in [2.05, 4.69) is 24.1 Å². The second-order valence-electron chi connectivity index (χ2n) is 7.08. The van der Waals surface area contributed by atoms with Gasteiger partial charge >= 0.3 is 0 Å². The van der Waals surface area contributed by atoms with Crippen LogP contribution in [0.15, 0.2) is 0 Å². The third-order valence-corrected chi connectivity index (χ3v) is 4.97. The van der Waals surface area contributed by atoms with E-state index in [1.165, 1.54) is 6.42 Å². The van der Waals surface area contributed by atoms with E-state index in [9.17, 15) is 9.59 Å². The lowest BCUT2D eigenvalue weighted by molar-refractivity contribution is -0.131. The third kappa shape index (κ3) is 4.06. The molecule has 0 aromatic heterocycles. The fourth-order valence-electron chi connectivity index (χ4n) is 3.75. The highest BCUT2D eigenvalue weighted by molar-refractivity contribution is 5.84. The topological polar surface area (TPSA) is 49.4 Å². The minimum absolute atomic E-state index is 0.112. The summed E-state index contributed by atoms with van der Waals surface area (Å²) in [5, 5.41) is 3.04. The Labute approximate surface area is 128 Å². The van der Waals surface area contributed by atoms with Gasteiger partial charge in [0.25, 0.3) is 0 Å². The summed E-state index contributed by atoms with van der Waals surface area (Å²) in [6.45, 7) is 7.87. The summed E-state index contributed by atoms with van der Waals surface area (Å²) < 4.78 is 0. The van der Waals surface area contributed by atoms with Crippen molar-refractivity contribution in [2.45, 2.75) is 71.4 Å². The van der Waals surface area contributed by atoms with Crippen LogP contribution in [0.3, 0.4) is 0 Å². The van der Waals surface area contributed by atoms with E-state index < -0.39 is 0 Å². The van der Waals surface area contributed by atoms with Crippen LogP contribution in [0.2, 0.25) is 0 Å². The Bertz CT molecular complexity index is 381. The summed E-state index contributed by atoms with van der Waals surface area (Å²) >= 11 is 0. The summed E-state index contributed by atoms with van der Waals surface area (Å²) in [5.41, 5.74) is 0. The van der Waals surface area contributed by atoms with E-state index in [-0.39, 0.29) is 23.9 Å². The number of nitrogens with zero attached hydrogens (tertiary/aromatic N) is 1. The van der Waals surface area contributed by atoms with Gasteiger partial charge in [-0.15, -0.1) is 0 Å². The Hall–Kier alpha value is -0.900. The van der Waals surface area contributed by atoms with Crippen LogP contribution in [-0.2, 0) is 9.59 Å². The first-order chi connectivity index (χ1) is 10.0. The number of carbonyl (C=O) groups is 2. The molecule has 2 rings (SSSR count). The van der Waals surface area contributed by atoms with Gasteiger partial charge < -0.3 is 5.32 Å². The molecule has 1 amide bonds. The fraction of sp³-hybridized carbons (Fsp3) is 0.882. The highest BCUT2D eigenvalue weighted by atomic mass is 16.2. The Morgan fingerprint density at radius 1 is 1.24 bits per heavy atom. The molecule has 1 aliphatic carbocycles. The molecule has 4 heteroatoms. The Morgan fingerprint density at radius 3 is 2.62 bits per heavy atom. The highest BCUT2D eigenvalue weighted by Crippen LogP contribution is 2.33. The van der Waals surface area contributed by atoms with Gasteiger partial charge in [0.15, 0.2) is 0 Å². The number of ketones is 1.